The molecule has 0 unspecified atom stereocenters. The topological polar surface area (TPSA) is 35.9 Å². The molecule has 0 amide bonds. The summed E-state index contributed by atoms with van der Waals surface area (Å²) in [6.07, 6.45) is 6.00. The van der Waals surface area contributed by atoms with Crippen LogP contribution in [0.4, 0.5) is 0 Å². The van der Waals surface area contributed by atoms with Gasteiger partial charge in [-0.15, -0.1) is 35.2 Å². The van der Waals surface area contributed by atoms with Crippen molar-refractivity contribution in [1.82, 2.24) is 14.1 Å². The zero-order valence-corrected chi connectivity index (χ0v) is 53.5. The monoisotopic (exact) mass is 1250 g/mol. The van der Waals surface area contributed by atoms with E-state index >= 15 is 0 Å². The first-order valence-corrected chi connectivity index (χ1v) is 28.6. The molecule has 7 aromatic carbocycles. The Balaban J connectivity index is 0.00000792. The molecule has 6 heteroatoms. The van der Waals surface area contributed by atoms with Crippen LogP contribution in [0.25, 0.3) is 39.0 Å². The van der Waals surface area contributed by atoms with Crippen molar-refractivity contribution in [3.63, 3.8) is 0 Å². The van der Waals surface area contributed by atoms with Crippen LogP contribution in [0.15, 0.2) is 170 Å². The number of imidazole rings is 1. The summed E-state index contributed by atoms with van der Waals surface area (Å²) in [6, 6.07) is 67.4. The number of rotatable bonds is 11. The Morgan fingerprint density at radius 1 is 0.420 bits per heavy atom. The summed E-state index contributed by atoms with van der Waals surface area (Å²) < 4.78 is 14.1. The summed E-state index contributed by atoms with van der Waals surface area (Å²) in [5.74, 6) is 2.03. The molecule has 0 bridgehead atoms. The SMILES string of the molecule is CC(C)(C)c1ccnc(-n2c3[c-]c(Oc4[c-]c(-n5[c-][n+](-c6cc(C(C)(C)c7ccccc7)cc(C(C)(C)c7ccccc7)c6)c(C(C)(C)C)c5C(C)(C)C)cc(C(C)(C)c5ccccc5)c4)ccc3c3cc(C(C)(C)C)ccc32)c1.[Pt]. The second-order valence-electron chi connectivity index (χ2n) is 28.0. The molecule has 0 atom stereocenters. The van der Waals surface area contributed by atoms with Crippen LogP contribution in [-0.4, -0.2) is 14.1 Å². The van der Waals surface area contributed by atoms with Gasteiger partial charge in [0.1, 0.15) is 5.82 Å². The van der Waals surface area contributed by atoms with Crippen LogP contribution >= 0.6 is 0 Å². The van der Waals surface area contributed by atoms with Crippen LogP contribution in [0.3, 0.4) is 0 Å². The van der Waals surface area contributed by atoms with E-state index in [4.69, 9.17) is 9.72 Å². The molecule has 0 radical (unpaired) electrons. The van der Waals surface area contributed by atoms with Gasteiger partial charge in [0.05, 0.1) is 17.1 Å². The number of fused-ring (bicyclic) bond motifs is 3. The fourth-order valence-corrected chi connectivity index (χ4v) is 11.6. The van der Waals surface area contributed by atoms with Gasteiger partial charge in [-0.3, -0.25) is 4.57 Å². The van der Waals surface area contributed by atoms with Crippen LogP contribution in [0.1, 0.15) is 181 Å². The van der Waals surface area contributed by atoms with Crippen molar-refractivity contribution in [3.05, 3.63) is 244 Å². The van der Waals surface area contributed by atoms with E-state index in [-0.39, 0.29) is 53.6 Å². The Labute approximate surface area is 498 Å². The molecular formula is C75H82N4OPt-2. The Kier molecular flexibility index (Phi) is 15.4. The van der Waals surface area contributed by atoms with E-state index in [1.165, 1.54) is 44.6 Å². The smallest absolute Gasteiger partial charge is 0.267 e. The molecule has 420 valence electrons. The molecule has 10 aromatic rings. The van der Waals surface area contributed by atoms with Crippen LogP contribution in [0.5, 0.6) is 11.5 Å². The van der Waals surface area contributed by atoms with Crippen LogP contribution in [-0.2, 0) is 59.0 Å². The average molecular weight is 1250 g/mol. The summed E-state index contributed by atoms with van der Waals surface area (Å²) in [6.45, 7) is 41.5. The first-order valence-electron chi connectivity index (χ1n) is 28.6. The van der Waals surface area contributed by atoms with Crippen molar-refractivity contribution in [2.75, 3.05) is 0 Å². The van der Waals surface area contributed by atoms with E-state index in [1.54, 1.807) is 0 Å². The van der Waals surface area contributed by atoms with Gasteiger partial charge in [-0.2, -0.15) is 12.1 Å². The minimum atomic E-state index is -0.426. The first-order chi connectivity index (χ1) is 37.4. The maximum atomic E-state index is 7.19. The van der Waals surface area contributed by atoms with E-state index in [9.17, 15) is 0 Å². The van der Waals surface area contributed by atoms with Crippen molar-refractivity contribution < 1.29 is 30.4 Å². The second kappa shape index (κ2) is 21.2. The van der Waals surface area contributed by atoms with Crippen molar-refractivity contribution >= 4 is 21.8 Å². The predicted octanol–water partition coefficient (Wildman–Crippen LogP) is 18.6. The molecule has 5 nitrogen and oxygen atoms in total. The molecule has 0 aliphatic rings. The second-order valence-corrected chi connectivity index (χ2v) is 28.0. The average Bonchev–Trinajstić information content (AvgIpc) is 4.24. The standard InChI is InChI=1S/C75H82N4O.Pt/c1-69(2,3)53-34-37-64-63(45-53)62-36-35-60(48-65(62)79(64)66-46-54(38-39-76-66)70(4,5)6)80-61-44-57(75(17,18)52-32-26-21-27-33-52)43-59(47-61)78-49-77(67(71(7,8)9)68(78)72(10,11)12)58-41-55(73(13,14)50-28-22-19-23-29-50)40-56(42-58)74(15,16)51-30-24-20-25-31-51;/h19-46H,1-18H3;/q-2;. The number of pyridine rings is 1. The molecule has 81 heavy (non-hydrogen) atoms. The summed E-state index contributed by atoms with van der Waals surface area (Å²) in [7, 11) is 0. The van der Waals surface area contributed by atoms with Gasteiger partial charge in [0.2, 0.25) is 0 Å². The van der Waals surface area contributed by atoms with Gasteiger partial charge in [-0.25, -0.2) is 4.98 Å². The number of aromatic nitrogens is 4. The zero-order valence-electron chi connectivity index (χ0n) is 51.2. The normalized spacial score (nSPS) is 13.0. The van der Waals surface area contributed by atoms with Gasteiger partial charge >= 0.3 is 0 Å². The summed E-state index contributed by atoms with van der Waals surface area (Å²) in [4.78, 5) is 5.02. The van der Waals surface area contributed by atoms with E-state index in [0.29, 0.717) is 11.5 Å². The molecule has 0 fully saturated rings. The van der Waals surface area contributed by atoms with Crippen molar-refractivity contribution in [1.29, 1.82) is 0 Å². The Morgan fingerprint density at radius 2 is 0.926 bits per heavy atom. The molecular weight excluding hydrogens is 1170 g/mol. The minimum Gasteiger partial charge on any atom is -0.510 e. The molecule has 3 aromatic heterocycles. The van der Waals surface area contributed by atoms with Gasteiger partial charge in [0.25, 0.3) is 6.33 Å². The number of hydrogen-bond acceptors (Lipinski definition) is 2. The Bertz CT molecular complexity index is 3840. The Morgan fingerprint density at radius 3 is 1.42 bits per heavy atom. The van der Waals surface area contributed by atoms with Gasteiger partial charge in [0, 0.05) is 55.1 Å². The van der Waals surface area contributed by atoms with E-state index in [1.807, 2.05) is 6.20 Å². The van der Waals surface area contributed by atoms with Crippen molar-refractivity contribution in [3.8, 4) is 28.7 Å². The third-order valence-corrected chi connectivity index (χ3v) is 16.8. The van der Waals surface area contributed by atoms with Gasteiger partial charge in [0.15, 0.2) is 0 Å². The van der Waals surface area contributed by atoms with Crippen LogP contribution in [0, 0.1) is 18.5 Å². The molecule has 0 aliphatic heterocycles. The molecule has 0 aliphatic carbocycles. The number of nitrogens with zero attached hydrogens (tertiary/aromatic N) is 4. The minimum absolute atomic E-state index is 0. The fraction of sp³-hybridized carbons (Fsp3) is 0.333. The van der Waals surface area contributed by atoms with Crippen molar-refractivity contribution in [2.45, 2.75) is 163 Å². The molecule has 3 heterocycles. The third-order valence-electron chi connectivity index (χ3n) is 16.8. The number of hydrogen-bond donors (Lipinski definition) is 0. The van der Waals surface area contributed by atoms with E-state index in [0.717, 1.165) is 50.3 Å². The predicted molar refractivity (Wildman–Crippen MR) is 333 cm³/mol. The summed E-state index contributed by atoms with van der Waals surface area (Å²) in [5.41, 5.74) is 14.2. The van der Waals surface area contributed by atoms with Crippen LogP contribution in [0.2, 0.25) is 0 Å². The third kappa shape index (κ3) is 11.3. The quantitative estimate of drug-likeness (QED) is 0.0956. The van der Waals surface area contributed by atoms with Gasteiger partial charge in [-0.05, 0) is 107 Å². The maximum absolute atomic E-state index is 7.19. The summed E-state index contributed by atoms with van der Waals surface area (Å²) in [5, 5.41) is 2.25. The zero-order chi connectivity index (χ0) is 57.5. The molecule has 0 N–H and O–H groups in total. The molecule has 0 saturated carbocycles. The fourth-order valence-electron chi connectivity index (χ4n) is 11.6. The maximum Gasteiger partial charge on any atom is 0.267 e. The van der Waals surface area contributed by atoms with Gasteiger partial charge in [-0.1, -0.05) is 239 Å². The van der Waals surface area contributed by atoms with Gasteiger partial charge < -0.3 is 13.9 Å². The van der Waals surface area contributed by atoms with E-state index < -0.39 is 5.41 Å². The Hall–Kier alpha value is -6.81. The molecule has 0 spiro atoms. The molecule has 10 rings (SSSR count). The number of benzene rings is 7. The van der Waals surface area contributed by atoms with Crippen LogP contribution < -0.4 is 9.30 Å². The number of ether oxygens (including phenoxy) is 1. The first kappa shape index (κ1) is 58.8. The van der Waals surface area contributed by atoms with E-state index in [2.05, 4.69) is 321 Å². The largest absolute Gasteiger partial charge is 0.510 e. The van der Waals surface area contributed by atoms with Crippen molar-refractivity contribution in [2.24, 2.45) is 0 Å². The summed E-state index contributed by atoms with van der Waals surface area (Å²) >= 11 is 0. The molecule has 0 saturated heterocycles.